The first-order valence-electron chi connectivity index (χ1n) is 9.13. The van der Waals surface area contributed by atoms with E-state index in [9.17, 15) is 22.8 Å². The van der Waals surface area contributed by atoms with Crippen molar-refractivity contribution in [2.45, 2.75) is 43.8 Å². The minimum absolute atomic E-state index is 0.0474. The maximum atomic E-state index is 12.3. The van der Waals surface area contributed by atoms with Gasteiger partial charge in [-0.25, -0.2) is 14.6 Å². The molecule has 0 bridgehead atoms. The third-order valence-corrected chi connectivity index (χ3v) is 5.87. The van der Waals surface area contributed by atoms with Gasteiger partial charge in [0.25, 0.3) is 0 Å². The number of likely N-dealkylation sites (tertiary alicyclic amines) is 1. The van der Waals surface area contributed by atoms with Crippen LogP contribution in [0.4, 0.5) is 18.0 Å². The summed E-state index contributed by atoms with van der Waals surface area (Å²) in [5.74, 6) is -1.92. The first-order valence-corrected chi connectivity index (χ1v) is 9.13. The number of carbonyl (C=O) groups excluding carboxylic acids is 1. The second-order valence-corrected chi connectivity index (χ2v) is 7.57. The molecule has 0 aromatic carbocycles. The summed E-state index contributed by atoms with van der Waals surface area (Å²) in [5, 5.41) is 19.3. The molecule has 12 heteroatoms. The number of halogens is 3. The Morgan fingerprint density at radius 3 is 2.24 bits per heavy atom. The number of fused-ring (bicyclic) bond motifs is 1. The number of nitrogens with one attached hydrogen (secondary N) is 2. The van der Waals surface area contributed by atoms with E-state index in [1.54, 1.807) is 6.20 Å². The molecule has 1 aliphatic heterocycles. The van der Waals surface area contributed by atoms with E-state index in [2.05, 4.69) is 15.3 Å². The average Bonchev–Trinajstić information content (AvgIpc) is 3.01. The number of imidazole rings is 1. The van der Waals surface area contributed by atoms with E-state index < -0.39 is 23.5 Å². The number of alkyl halides is 3. The lowest BCUT2D eigenvalue weighted by Crippen LogP contribution is -2.53. The molecule has 29 heavy (non-hydrogen) atoms. The molecule has 160 valence electrons. The first kappa shape index (κ1) is 20.9. The summed E-state index contributed by atoms with van der Waals surface area (Å²) in [6, 6.07) is 0.000167. The van der Waals surface area contributed by atoms with Gasteiger partial charge in [-0.15, -0.1) is 0 Å². The van der Waals surface area contributed by atoms with Crippen LogP contribution in [0.2, 0.25) is 0 Å². The van der Waals surface area contributed by atoms with E-state index in [0.29, 0.717) is 18.8 Å². The molecule has 4 rings (SSSR count). The molecule has 2 amide bonds. The number of aromatic amines is 1. The number of aromatic nitrogens is 2. The van der Waals surface area contributed by atoms with E-state index in [1.165, 1.54) is 0 Å². The number of hydrogen-bond acceptors (Lipinski definition) is 4. The lowest BCUT2D eigenvalue weighted by atomic mass is 9.80. The summed E-state index contributed by atoms with van der Waals surface area (Å²) < 4.78 is 31.7. The molecule has 1 aromatic rings. The van der Waals surface area contributed by atoms with Crippen molar-refractivity contribution in [2.24, 2.45) is 11.3 Å². The van der Waals surface area contributed by atoms with Crippen LogP contribution < -0.4 is 5.32 Å². The predicted molar refractivity (Wildman–Crippen MR) is 90.9 cm³/mol. The highest BCUT2D eigenvalue weighted by Crippen LogP contribution is 2.67. The normalized spacial score (nSPS) is 28.3. The van der Waals surface area contributed by atoms with Crippen LogP contribution in [0.25, 0.3) is 0 Å². The number of hydrogen-bond donors (Lipinski definition) is 4. The molecule has 0 spiro atoms. The summed E-state index contributed by atoms with van der Waals surface area (Å²) in [4.78, 5) is 41.5. The van der Waals surface area contributed by atoms with Crippen molar-refractivity contribution in [3.05, 3.63) is 18.2 Å². The number of carboxylic acids is 2. The molecular weight excluding hydrogens is 397 g/mol. The van der Waals surface area contributed by atoms with Gasteiger partial charge in [-0.1, -0.05) is 0 Å². The van der Waals surface area contributed by atoms with Crippen LogP contribution >= 0.6 is 0 Å². The molecule has 4 N–H and O–H groups in total. The van der Waals surface area contributed by atoms with E-state index in [4.69, 9.17) is 15.0 Å². The number of carbonyl (C=O) groups is 3. The number of carboxylic acid groups (broad SMARTS) is 2. The zero-order valence-electron chi connectivity index (χ0n) is 15.3. The molecule has 0 radical (unpaired) electrons. The van der Waals surface area contributed by atoms with E-state index in [1.807, 2.05) is 11.1 Å². The molecule has 3 fully saturated rings. The van der Waals surface area contributed by atoms with Gasteiger partial charge in [0, 0.05) is 37.4 Å². The SMILES string of the molecule is O=C(N[C@@H]1C[C@@]2(C(=O)O)C[C@@H]12)N1CCC(c2ncc[nH]2)CC1.O=C(O)C(F)(F)F. The third kappa shape index (κ3) is 4.30. The first-order chi connectivity index (χ1) is 13.5. The molecule has 3 aliphatic rings. The minimum Gasteiger partial charge on any atom is -0.481 e. The third-order valence-electron chi connectivity index (χ3n) is 5.87. The maximum absolute atomic E-state index is 12.3. The molecule has 0 unspecified atom stereocenters. The Morgan fingerprint density at radius 2 is 1.83 bits per heavy atom. The van der Waals surface area contributed by atoms with Crippen LogP contribution in [0.3, 0.4) is 0 Å². The molecule has 2 saturated carbocycles. The van der Waals surface area contributed by atoms with Crippen molar-refractivity contribution >= 4 is 18.0 Å². The number of nitrogens with zero attached hydrogens (tertiary/aromatic N) is 2. The van der Waals surface area contributed by atoms with Crippen LogP contribution in [0.1, 0.15) is 37.4 Å². The van der Waals surface area contributed by atoms with Crippen molar-refractivity contribution < 1.29 is 37.8 Å². The monoisotopic (exact) mass is 418 g/mol. The summed E-state index contributed by atoms with van der Waals surface area (Å²) in [7, 11) is 0. The quantitative estimate of drug-likeness (QED) is 0.591. The second-order valence-electron chi connectivity index (χ2n) is 7.57. The van der Waals surface area contributed by atoms with E-state index >= 15 is 0 Å². The topological polar surface area (TPSA) is 136 Å². The summed E-state index contributed by atoms with van der Waals surface area (Å²) in [6.07, 6.45) is 1.63. The minimum atomic E-state index is -5.08. The molecule has 1 saturated heterocycles. The van der Waals surface area contributed by atoms with Gasteiger partial charge in [0.1, 0.15) is 5.82 Å². The van der Waals surface area contributed by atoms with Gasteiger partial charge in [-0.2, -0.15) is 13.2 Å². The Kier molecular flexibility index (Phi) is 5.46. The molecular formula is C17H21F3N4O5. The zero-order valence-corrected chi connectivity index (χ0v) is 15.3. The van der Waals surface area contributed by atoms with Crippen LogP contribution in [-0.2, 0) is 9.59 Å². The molecule has 2 aliphatic carbocycles. The van der Waals surface area contributed by atoms with Gasteiger partial charge in [-0.05, 0) is 31.6 Å². The number of aliphatic carboxylic acids is 2. The number of piperidine rings is 1. The van der Waals surface area contributed by atoms with E-state index in [0.717, 1.165) is 31.8 Å². The number of amides is 2. The van der Waals surface area contributed by atoms with Crippen LogP contribution in [0.5, 0.6) is 0 Å². The van der Waals surface area contributed by atoms with Gasteiger partial charge < -0.3 is 25.4 Å². The van der Waals surface area contributed by atoms with Crippen molar-refractivity contribution in [1.29, 1.82) is 0 Å². The predicted octanol–water partition coefficient (Wildman–Crippen LogP) is 1.80. The fraction of sp³-hybridized carbons (Fsp3) is 0.647. The maximum Gasteiger partial charge on any atom is 0.490 e. The van der Waals surface area contributed by atoms with Crippen molar-refractivity contribution in [2.75, 3.05) is 13.1 Å². The fourth-order valence-corrected chi connectivity index (χ4v) is 4.06. The highest BCUT2D eigenvalue weighted by molar-refractivity contribution is 5.82. The summed E-state index contributed by atoms with van der Waals surface area (Å²) in [6.45, 7) is 1.44. The van der Waals surface area contributed by atoms with Gasteiger partial charge in [0.05, 0.1) is 5.41 Å². The zero-order chi connectivity index (χ0) is 21.4. The summed E-state index contributed by atoms with van der Waals surface area (Å²) >= 11 is 0. The molecule has 1 aromatic heterocycles. The highest BCUT2D eigenvalue weighted by Gasteiger charge is 2.72. The fourth-order valence-electron chi connectivity index (χ4n) is 4.06. The van der Waals surface area contributed by atoms with E-state index in [-0.39, 0.29) is 18.0 Å². The van der Waals surface area contributed by atoms with Gasteiger partial charge in [-0.3, -0.25) is 4.79 Å². The number of H-pyrrole nitrogens is 1. The van der Waals surface area contributed by atoms with Crippen molar-refractivity contribution in [3.8, 4) is 0 Å². The number of rotatable bonds is 3. The Labute approximate surface area is 163 Å². The lowest BCUT2D eigenvalue weighted by Gasteiger charge is -2.36. The second kappa shape index (κ2) is 7.56. The summed E-state index contributed by atoms with van der Waals surface area (Å²) in [5.41, 5.74) is -0.510. The Hall–Kier alpha value is -2.79. The lowest BCUT2D eigenvalue weighted by molar-refractivity contribution is -0.192. The Morgan fingerprint density at radius 1 is 1.21 bits per heavy atom. The van der Waals surface area contributed by atoms with Crippen LogP contribution in [0, 0.1) is 11.3 Å². The Balaban J connectivity index is 0.000000298. The van der Waals surface area contributed by atoms with Crippen molar-refractivity contribution in [1.82, 2.24) is 20.2 Å². The van der Waals surface area contributed by atoms with Crippen molar-refractivity contribution in [3.63, 3.8) is 0 Å². The highest BCUT2D eigenvalue weighted by atomic mass is 19.4. The molecule has 3 atom stereocenters. The largest absolute Gasteiger partial charge is 0.490 e. The Bertz CT molecular complexity index is 777. The molecule has 9 nitrogen and oxygen atoms in total. The van der Waals surface area contributed by atoms with Gasteiger partial charge in [0.15, 0.2) is 0 Å². The van der Waals surface area contributed by atoms with Crippen LogP contribution in [-0.4, -0.2) is 68.4 Å². The standard InChI is InChI=1S/C15H20N4O3.C2HF3O2/c20-13(21)15-7-10(15)11(8-15)18-14(22)19-5-1-9(2-6-19)12-16-3-4-17-12;3-2(4,5)1(6)7/h3-4,9-11H,1-2,5-8H2,(H,16,17)(H,18,22)(H,20,21);(H,6,7)/t10-,11+,15-;/m0./s1. The van der Waals surface area contributed by atoms with Gasteiger partial charge >= 0.3 is 24.1 Å². The molecule has 2 heterocycles. The van der Waals surface area contributed by atoms with Gasteiger partial charge in [0.2, 0.25) is 0 Å². The van der Waals surface area contributed by atoms with Crippen LogP contribution in [0.15, 0.2) is 12.4 Å². The number of urea groups is 1. The average molecular weight is 418 g/mol. The smallest absolute Gasteiger partial charge is 0.481 e.